The van der Waals surface area contributed by atoms with Gasteiger partial charge in [0, 0.05) is 37.6 Å². The Kier molecular flexibility index (Phi) is 17.5. The largest absolute Gasteiger partial charge is 3.00 e. The first-order valence-corrected chi connectivity index (χ1v) is 13.4. The Balaban J connectivity index is 0.00000155. The molecule has 0 radical (unpaired) electrons. The number of nitrogens with zero attached hydrogens (tertiary/aromatic N) is 2. The Morgan fingerprint density at radius 3 is 1.44 bits per heavy atom. The van der Waals surface area contributed by atoms with E-state index >= 15 is 0 Å². The molecule has 0 saturated heterocycles. The number of hydrogen-bond acceptors (Lipinski definition) is 9. The molecule has 0 amide bonds. The minimum absolute atomic E-state index is 0. The van der Waals surface area contributed by atoms with Crippen LogP contribution in [0.4, 0.5) is 22.0 Å². The van der Waals surface area contributed by atoms with Gasteiger partial charge in [0.25, 0.3) is 0 Å². The second-order valence-corrected chi connectivity index (χ2v) is 9.69. The van der Waals surface area contributed by atoms with Gasteiger partial charge in [-0.25, -0.2) is 17.2 Å². The number of halogens is 5. The summed E-state index contributed by atoms with van der Waals surface area (Å²) in [5.74, 6) is -1.31. The van der Waals surface area contributed by atoms with Crippen LogP contribution in [0.15, 0.2) is 46.4 Å². The second kappa shape index (κ2) is 18.7. The van der Waals surface area contributed by atoms with Crippen LogP contribution in [0, 0.1) is 11.6 Å². The van der Waals surface area contributed by atoms with Gasteiger partial charge in [-0.3, -0.25) is 9.98 Å². The minimum Gasteiger partial charge on any atom is -0.872 e. The van der Waals surface area contributed by atoms with Crippen molar-refractivity contribution in [2.45, 2.75) is 32.2 Å². The molecular weight excluding hydrogens is 618 g/mol. The van der Waals surface area contributed by atoms with Crippen molar-refractivity contribution in [1.82, 2.24) is 10.6 Å². The maximum Gasteiger partial charge on any atom is 3.00 e. The Morgan fingerprint density at radius 1 is 0.780 bits per heavy atom. The fraction of sp³-hybridized carbons (Fsp3) is 0.440. The van der Waals surface area contributed by atoms with Crippen LogP contribution in [-0.4, -0.2) is 69.2 Å². The molecule has 0 aliphatic rings. The molecule has 0 saturated carbocycles. The molecule has 9 nitrogen and oxygen atoms in total. The summed E-state index contributed by atoms with van der Waals surface area (Å²) in [7, 11) is -6.09. The molecule has 2 N–H and O–H groups in total. The number of alkyl halides is 3. The summed E-state index contributed by atoms with van der Waals surface area (Å²) in [6.07, 6.45) is 1.63. The van der Waals surface area contributed by atoms with E-state index < -0.39 is 27.3 Å². The molecule has 2 rings (SSSR count). The van der Waals surface area contributed by atoms with E-state index in [1.807, 2.05) is 0 Å². The van der Waals surface area contributed by atoms with Crippen LogP contribution in [0.1, 0.15) is 37.8 Å². The van der Waals surface area contributed by atoms with Gasteiger partial charge >= 0.3 is 22.6 Å². The van der Waals surface area contributed by atoms with Crippen LogP contribution < -0.4 is 20.8 Å². The molecule has 2 aromatic carbocycles. The topological polar surface area (TPSA) is 152 Å². The van der Waals surface area contributed by atoms with Gasteiger partial charge < -0.3 is 25.4 Å². The molecule has 0 unspecified atom stereocenters. The SMILES string of the molecule is CC(=NCCCNCCNCCCN=C(C)c1cc(F)ccc1[O-])c1cc(F)ccc1[O-].O=S(=O)([O-])C(F)(F)F.[Mn+3]. The summed E-state index contributed by atoms with van der Waals surface area (Å²) < 4.78 is 85.4. The molecule has 0 fully saturated rings. The quantitative estimate of drug-likeness (QED) is 0.0846. The third kappa shape index (κ3) is 15.3. The summed E-state index contributed by atoms with van der Waals surface area (Å²) in [6, 6.07) is 7.20. The molecule has 0 heterocycles. The van der Waals surface area contributed by atoms with Gasteiger partial charge in [-0.2, -0.15) is 13.2 Å². The Labute approximate surface area is 246 Å². The summed E-state index contributed by atoms with van der Waals surface area (Å²) in [5.41, 5.74) is -3.92. The molecule has 41 heavy (non-hydrogen) atoms. The van der Waals surface area contributed by atoms with E-state index in [4.69, 9.17) is 13.0 Å². The first-order chi connectivity index (χ1) is 18.6. The minimum atomic E-state index is -6.09. The molecule has 0 spiro atoms. The van der Waals surface area contributed by atoms with Crippen molar-refractivity contribution >= 4 is 21.5 Å². The molecule has 0 atom stereocenters. The third-order valence-electron chi connectivity index (χ3n) is 5.15. The van der Waals surface area contributed by atoms with Crippen LogP contribution in [0.3, 0.4) is 0 Å². The van der Waals surface area contributed by atoms with Crippen LogP contribution in [0.2, 0.25) is 0 Å². The predicted molar refractivity (Wildman–Crippen MR) is 137 cm³/mol. The molecule has 0 aliphatic heterocycles. The number of nitrogens with one attached hydrogen (secondary N) is 2. The zero-order chi connectivity index (χ0) is 30.3. The van der Waals surface area contributed by atoms with Gasteiger partial charge in [0.2, 0.25) is 0 Å². The first kappa shape index (κ1) is 38.4. The monoisotopic (exact) mass is 648 g/mol. The van der Waals surface area contributed by atoms with Gasteiger partial charge in [0.05, 0.1) is 0 Å². The fourth-order valence-corrected chi connectivity index (χ4v) is 3.07. The number of benzene rings is 2. The molecule has 16 heteroatoms. The number of aliphatic imine (C=N–C) groups is 2. The maximum atomic E-state index is 13.3. The van der Waals surface area contributed by atoms with E-state index in [1.54, 1.807) is 13.8 Å². The van der Waals surface area contributed by atoms with Crippen molar-refractivity contribution in [3.63, 3.8) is 0 Å². The Morgan fingerprint density at radius 2 is 1.12 bits per heavy atom. The number of rotatable bonds is 13. The first-order valence-electron chi connectivity index (χ1n) is 12.0. The van der Waals surface area contributed by atoms with Gasteiger partial charge in [-0.05, 0) is 75.2 Å². The van der Waals surface area contributed by atoms with E-state index in [9.17, 15) is 32.2 Å². The molecule has 0 bridgehead atoms. The molecule has 0 aliphatic carbocycles. The van der Waals surface area contributed by atoms with Crippen LogP contribution in [-0.2, 0) is 27.2 Å². The number of hydrogen-bond donors (Lipinski definition) is 2. The van der Waals surface area contributed by atoms with Gasteiger partial charge in [0.15, 0.2) is 10.1 Å². The van der Waals surface area contributed by atoms with Gasteiger partial charge in [-0.1, -0.05) is 23.6 Å². The normalized spacial score (nSPS) is 12.4. The van der Waals surface area contributed by atoms with E-state index in [0.29, 0.717) is 35.6 Å². The smallest absolute Gasteiger partial charge is 0.872 e. The molecule has 2 aromatic rings. The van der Waals surface area contributed by atoms with Crippen LogP contribution >= 0.6 is 0 Å². The van der Waals surface area contributed by atoms with Crippen LogP contribution in [0.25, 0.3) is 0 Å². The van der Waals surface area contributed by atoms with Crippen molar-refractivity contribution in [2.75, 3.05) is 39.3 Å². The van der Waals surface area contributed by atoms with Crippen molar-refractivity contribution < 1.29 is 62.2 Å². The summed E-state index contributed by atoms with van der Waals surface area (Å²) in [4.78, 5) is 8.70. The van der Waals surface area contributed by atoms with E-state index in [0.717, 1.165) is 51.2 Å². The van der Waals surface area contributed by atoms with Crippen molar-refractivity contribution in [1.29, 1.82) is 0 Å². The van der Waals surface area contributed by atoms with Gasteiger partial charge in [-0.15, -0.1) is 0 Å². The van der Waals surface area contributed by atoms with E-state index in [2.05, 4.69) is 20.6 Å². The molecular formula is C25H30F5MnN4O5S. The predicted octanol–water partition coefficient (Wildman–Crippen LogP) is 2.44. The summed E-state index contributed by atoms with van der Waals surface area (Å²) in [5, 5.41) is 30.1. The average Bonchev–Trinajstić information content (AvgIpc) is 2.86. The zero-order valence-corrected chi connectivity index (χ0v) is 24.2. The third-order valence-corrected chi connectivity index (χ3v) is 5.71. The summed E-state index contributed by atoms with van der Waals surface area (Å²) in [6.45, 7) is 7.77. The molecule has 0 aromatic heterocycles. The van der Waals surface area contributed by atoms with Gasteiger partial charge in [0.1, 0.15) is 11.6 Å². The molecule has 228 valence electrons. The van der Waals surface area contributed by atoms with Crippen molar-refractivity contribution in [3.05, 3.63) is 59.2 Å². The zero-order valence-electron chi connectivity index (χ0n) is 22.2. The Bertz CT molecular complexity index is 1190. The Hall–Kier alpha value is -2.62. The van der Waals surface area contributed by atoms with Crippen molar-refractivity contribution in [2.24, 2.45) is 9.98 Å². The fourth-order valence-electron chi connectivity index (χ4n) is 3.07. The average molecular weight is 649 g/mol. The van der Waals surface area contributed by atoms with Crippen LogP contribution in [0.5, 0.6) is 11.5 Å². The van der Waals surface area contributed by atoms with E-state index in [-0.39, 0.29) is 28.6 Å². The van der Waals surface area contributed by atoms with Crippen molar-refractivity contribution in [3.8, 4) is 11.5 Å². The summed E-state index contributed by atoms with van der Waals surface area (Å²) >= 11 is 0. The standard InChI is InChI=1S/C24H32F2N4O2.CHF3O3S.Mn/c1-17(21-15-19(25)5-7-23(21)31)29-11-3-9-27-13-14-28-10-4-12-30-18(2)22-16-20(26)6-8-24(22)32;2-1(3,4)8(5,6)7;/h5-8,15-16,27-28,31-32H,3-4,9-14H2,1-2H3;(H,5,6,7);/q;;+3/p-3. The second-order valence-electron chi connectivity index (χ2n) is 8.32. The maximum absolute atomic E-state index is 13.3. The van der Waals surface area contributed by atoms with E-state index in [1.165, 1.54) is 24.3 Å².